The fourth-order valence-corrected chi connectivity index (χ4v) is 2.73. The van der Waals surface area contributed by atoms with E-state index in [0.29, 0.717) is 30.7 Å². The number of nitrogens with zero attached hydrogens (tertiary/aromatic N) is 3. The highest BCUT2D eigenvalue weighted by atomic mass is 19.1. The van der Waals surface area contributed by atoms with Crippen molar-refractivity contribution < 1.29 is 13.9 Å². The minimum Gasteiger partial charge on any atom is -0.388 e. The summed E-state index contributed by atoms with van der Waals surface area (Å²) >= 11 is 0. The molecule has 20 heavy (non-hydrogen) atoms. The molecule has 3 rings (SSSR count). The molecule has 0 radical (unpaired) electrons. The highest BCUT2D eigenvalue weighted by molar-refractivity contribution is 5.89. The average Bonchev–Trinajstić information content (AvgIpc) is 2.36. The van der Waals surface area contributed by atoms with Gasteiger partial charge in [-0.05, 0) is 25.8 Å². The number of fused-ring (bicyclic) bond motifs is 1. The van der Waals surface area contributed by atoms with Gasteiger partial charge in [-0.1, -0.05) is 0 Å². The van der Waals surface area contributed by atoms with E-state index in [0.717, 1.165) is 12.5 Å². The van der Waals surface area contributed by atoms with Crippen LogP contribution >= 0.6 is 0 Å². The number of hydrogen-bond donors (Lipinski definition) is 1. The van der Waals surface area contributed by atoms with E-state index in [1.807, 2.05) is 4.90 Å². The molecule has 106 valence electrons. The monoisotopic (exact) mass is 279 g/mol. The summed E-state index contributed by atoms with van der Waals surface area (Å²) in [5.41, 5.74) is -0.719. The number of benzene rings is 1. The zero-order chi connectivity index (χ0) is 14.3. The van der Waals surface area contributed by atoms with Crippen molar-refractivity contribution in [3.8, 4) is 0 Å². The molecular weight excluding hydrogens is 264 g/mol. The first-order valence-corrected chi connectivity index (χ1v) is 6.53. The smallest absolute Gasteiger partial charge is 0.152 e. The number of aromatic nitrogens is 2. The predicted octanol–water partition coefficient (Wildman–Crippen LogP) is 2.26. The van der Waals surface area contributed by atoms with Crippen LogP contribution in [0.3, 0.4) is 0 Å². The molecule has 1 saturated heterocycles. The highest BCUT2D eigenvalue weighted by Crippen LogP contribution is 2.30. The van der Waals surface area contributed by atoms with Crippen molar-refractivity contribution in [3.63, 3.8) is 0 Å². The molecule has 0 spiro atoms. The molecule has 0 aliphatic carbocycles. The van der Waals surface area contributed by atoms with E-state index in [4.69, 9.17) is 0 Å². The Morgan fingerprint density at radius 3 is 2.85 bits per heavy atom. The second-order valence-electron chi connectivity index (χ2n) is 5.50. The minimum absolute atomic E-state index is 0.0987. The van der Waals surface area contributed by atoms with Gasteiger partial charge in [0.15, 0.2) is 5.82 Å². The summed E-state index contributed by atoms with van der Waals surface area (Å²) in [5.74, 6) is -0.893. The van der Waals surface area contributed by atoms with Crippen LogP contribution in [-0.4, -0.2) is 33.8 Å². The second-order valence-corrected chi connectivity index (χ2v) is 5.50. The van der Waals surface area contributed by atoms with E-state index in [9.17, 15) is 13.9 Å². The van der Waals surface area contributed by atoms with Crippen LogP contribution in [0.1, 0.15) is 19.8 Å². The number of piperidine rings is 1. The summed E-state index contributed by atoms with van der Waals surface area (Å²) in [6, 6.07) is 2.04. The molecule has 1 aliphatic heterocycles. The van der Waals surface area contributed by atoms with Crippen molar-refractivity contribution >= 4 is 16.7 Å². The SMILES string of the molecule is C[C@@]1(O)CCCN(c2ncnc3c(F)cc(F)cc23)C1. The maximum Gasteiger partial charge on any atom is 0.152 e. The fraction of sp³-hybridized carbons (Fsp3) is 0.429. The lowest BCUT2D eigenvalue weighted by Crippen LogP contribution is -2.46. The summed E-state index contributed by atoms with van der Waals surface area (Å²) < 4.78 is 27.2. The third kappa shape index (κ3) is 2.31. The topological polar surface area (TPSA) is 49.2 Å². The van der Waals surface area contributed by atoms with E-state index < -0.39 is 17.2 Å². The minimum atomic E-state index is -0.818. The Morgan fingerprint density at radius 1 is 1.30 bits per heavy atom. The van der Waals surface area contributed by atoms with Gasteiger partial charge in [0.05, 0.1) is 5.60 Å². The maximum atomic E-state index is 13.7. The van der Waals surface area contributed by atoms with Crippen molar-refractivity contribution in [2.24, 2.45) is 0 Å². The number of hydrogen-bond acceptors (Lipinski definition) is 4. The van der Waals surface area contributed by atoms with Gasteiger partial charge < -0.3 is 10.0 Å². The third-order valence-electron chi connectivity index (χ3n) is 3.61. The molecule has 1 atom stereocenters. The van der Waals surface area contributed by atoms with E-state index >= 15 is 0 Å². The lowest BCUT2D eigenvalue weighted by molar-refractivity contribution is 0.0448. The Bertz CT molecular complexity index is 660. The van der Waals surface area contributed by atoms with Crippen LogP contribution in [0.5, 0.6) is 0 Å². The third-order valence-corrected chi connectivity index (χ3v) is 3.61. The molecule has 2 heterocycles. The van der Waals surface area contributed by atoms with Gasteiger partial charge in [-0.3, -0.25) is 0 Å². The van der Waals surface area contributed by atoms with Crippen LogP contribution in [-0.2, 0) is 0 Å². The molecule has 1 fully saturated rings. The first-order chi connectivity index (χ1) is 9.46. The molecule has 1 aromatic carbocycles. The van der Waals surface area contributed by atoms with Gasteiger partial charge in [0.2, 0.25) is 0 Å². The number of β-amino-alcohol motifs (C(OH)–C–C–N with tert-alkyl or cyclic N) is 1. The van der Waals surface area contributed by atoms with Crippen molar-refractivity contribution in [2.75, 3.05) is 18.0 Å². The molecule has 0 bridgehead atoms. The Kier molecular flexibility index (Phi) is 3.05. The molecule has 2 aromatic rings. The van der Waals surface area contributed by atoms with Crippen molar-refractivity contribution in [3.05, 3.63) is 30.1 Å². The summed E-state index contributed by atoms with van der Waals surface area (Å²) in [5, 5.41) is 10.5. The van der Waals surface area contributed by atoms with E-state index in [2.05, 4.69) is 9.97 Å². The van der Waals surface area contributed by atoms with Crippen molar-refractivity contribution in [1.82, 2.24) is 9.97 Å². The Hall–Kier alpha value is -1.82. The summed E-state index contributed by atoms with van der Waals surface area (Å²) in [7, 11) is 0. The van der Waals surface area contributed by atoms with Gasteiger partial charge in [0, 0.05) is 24.5 Å². The lowest BCUT2D eigenvalue weighted by atomic mass is 9.95. The molecule has 0 amide bonds. The number of anilines is 1. The van der Waals surface area contributed by atoms with Crippen LogP contribution in [0, 0.1) is 11.6 Å². The van der Waals surface area contributed by atoms with Gasteiger partial charge in [-0.15, -0.1) is 0 Å². The second kappa shape index (κ2) is 4.63. The van der Waals surface area contributed by atoms with Gasteiger partial charge >= 0.3 is 0 Å². The Balaban J connectivity index is 2.12. The zero-order valence-corrected chi connectivity index (χ0v) is 11.1. The fourth-order valence-electron chi connectivity index (χ4n) is 2.73. The van der Waals surface area contributed by atoms with Gasteiger partial charge in [-0.25, -0.2) is 18.7 Å². The lowest BCUT2D eigenvalue weighted by Gasteiger charge is -2.37. The van der Waals surface area contributed by atoms with Crippen molar-refractivity contribution in [2.45, 2.75) is 25.4 Å². The summed E-state index contributed by atoms with van der Waals surface area (Å²) in [4.78, 5) is 9.87. The van der Waals surface area contributed by atoms with Crippen LogP contribution in [0.2, 0.25) is 0 Å². The molecular formula is C14H15F2N3O. The standard InChI is InChI=1S/C14H15F2N3O/c1-14(20)3-2-4-19(7-14)13-10-5-9(15)6-11(16)12(10)17-8-18-13/h5-6,8,20H,2-4,7H2,1H3/t14-/m1/s1. The summed E-state index contributed by atoms with van der Waals surface area (Å²) in [6.45, 7) is 2.83. The van der Waals surface area contributed by atoms with Crippen LogP contribution < -0.4 is 4.90 Å². The molecule has 6 heteroatoms. The quantitative estimate of drug-likeness (QED) is 0.870. The maximum absolute atomic E-state index is 13.7. The van der Waals surface area contributed by atoms with Crippen LogP contribution in [0.4, 0.5) is 14.6 Å². The number of rotatable bonds is 1. The largest absolute Gasteiger partial charge is 0.388 e. The molecule has 0 saturated carbocycles. The number of aliphatic hydroxyl groups is 1. The molecule has 4 nitrogen and oxygen atoms in total. The first kappa shape index (κ1) is 13.2. The number of halogens is 2. The van der Waals surface area contributed by atoms with Crippen LogP contribution in [0.25, 0.3) is 10.9 Å². The van der Waals surface area contributed by atoms with Gasteiger partial charge in [0.1, 0.15) is 23.5 Å². The Morgan fingerprint density at radius 2 is 2.10 bits per heavy atom. The van der Waals surface area contributed by atoms with E-state index in [1.54, 1.807) is 6.92 Å². The Labute approximate surface area is 115 Å². The average molecular weight is 279 g/mol. The first-order valence-electron chi connectivity index (χ1n) is 6.53. The van der Waals surface area contributed by atoms with Crippen LogP contribution in [0.15, 0.2) is 18.5 Å². The molecule has 1 N–H and O–H groups in total. The highest BCUT2D eigenvalue weighted by Gasteiger charge is 2.30. The van der Waals surface area contributed by atoms with Crippen molar-refractivity contribution in [1.29, 1.82) is 0 Å². The predicted molar refractivity (Wildman–Crippen MR) is 71.5 cm³/mol. The van der Waals surface area contributed by atoms with Gasteiger partial charge in [-0.2, -0.15) is 0 Å². The molecule has 1 aliphatic rings. The normalized spacial score (nSPS) is 23.3. The molecule has 1 aromatic heterocycles. The summed E-state index contributed by atoms with van der Waals surface area (Å²) in [6.07, 6.45) is 2.77. The van der Waals surface area contributed by atoms with E-state index in [1.165, 1.54) is 12.4 Å². The van der Waals surface area contributed by atoms with Gasteiger partial charge in [0.25, 0.3) is 0 Å². The van der Waals surface area contributed by atoms with E-state index in [-0.39, 0.29) is 5.52 Å². The zero-order valence-electron chi connectivity index (χ0n) is 11.1. The molecule has 0 unspecified atom stereocenters.